The summed E-state index contributed by atoms with van der Waals surface area (Å²) in [5.41, 5.74) is 0.518. The summed E-state index contributed by atoms with van der Waals surface area (Å²) in [6, 6.07) is 0.604. The largest absolute Gasteiger partial charge is 0.394 e. The number of halogens is 3. The molecule has 43 heavy (non-hydrogen) atoms. The van der Waals surface area contributed by atoms with Crippen molar-refractivity contribution in [3.63, 3.8) is 0 Å². The number of nitrogens with zero attached hydrogens (tertiary/aromatic N) is 7. The molecule has 5 atom stereocenters. The number of hydrogen-bond acceptors (Lipinski definition) is 10. The first-order valence-corrected chi connectivity index (χ1v) is 15.4. The van der Waals surface area contributed by atoms with Crippen molar-refractivity contribution < 1.29 is 41.3 Å². The van der Waals surface area contributed by atoms with Gasteiger partial charge in [-0.1, -0.05) is 10.4 Å². The van der Waals surface area contributed by atoms with E-state index in [0.29, 0.717) is 31.6 Å². The smallest absolute Gasteiger partial charge is 0.216 e. The van der Waals surface area contributed by atoms with E-state index in [0.717, 1.165) is 12.1 Å². The van der Waals surface area contributed by atoms with Crippen LogP contribution in [0.15, 0.2) is 24.5 Å². The fraction of sp³-hybridized carbons (Fsp3) is 0.615. The molecule has 2 N–H and O–H groups in total. The Labute approximate surface area is 246 Å². The molecule has 0 radical (unpaired) electrons. The first kappa shape index (κ1) is 31.5. The van der Waals surface area contributed by atoms with E-state index in [4.69, 9.17) is 9.47 Å². The lowest BCUT2D eigenvalue weighted by atomic mass is 9.90. The quantitative estimate of drug-likeness (QED) is 0.330. The zero-order valence-electron chi connectivity index (χ0n) is 23.8. The Bertz CT molecular complexity index is 1510. The minimum Gasteiger partial charge on any atom is -0.394 e. The summed E-state index contributed by atoms with van der Waals surface area (Å²) in [6.07, 6.45) is 0.546. The zero-order valence-corrected chi connectivity index (χ0v) is 24.6. The van der Waals surface area contributed by atoms with Gasteiger partial charge >= 0.3 is 0 Å². The lowest BCUT2D eigenvalue weighted by molar-refractivity contribution is -0.212. The van der Waals surface area contributed by atoms with E-state index in [1.54, 1.807) is 24.7 Å². The van der Waals surface area contributed by atoms with E-state index in [9.17, 15) is 31.8 Å². The molecule has 4 heterocycles. The predicted molar refractivity (Wildman–Crippen MR) is 145 cm³/mol. The summed E-state index contributed by atoms with van der Waals surface area (Å²) in [6.45, 7) is 3.56. The highest BCUT2D eigenvalue weighted by Crippen LogP contribution is 2.34. The summed E-state index contributed by atoms with van der Waals surface area (Å²) in [5, 5.41) is 37.0. The van der Waals surface area contributed by atoms with Gasteiger partial charge < -0.3 is 19.7 Å². The van der Waals surface area contributed by atoms with E-state index in [1.807, 2.05) is 0 Å². The molecule has 0 amide bonds. The maximum absolute atomic E-state index is 13.8. The zero-order chi connectivity index (χ0) is 31.1. The lowest BCUT2D eigenvalue weighted by Crippen LogP contribution is -2.57. The summed E-state index contributed by atoms with van der Waals surface area (Å²) in [4.78, 5) is 0. The van der Waals surface area contributed by atoms with Crippen LogP contribution in [-0.2, 0) is 25.9 Å². The van der Waals surface area contributed by atoms with Crippen molar-refractivity contribution in [2.24, 2.45) is 0 Å². The van der Waals surface area contributed by atoms with Crippen LogP contribution in [0.3, 0.4) is 0 Å². The van der Waals surface area contributed by atoms with Gasteiger partial charge in [-0.15, -0.1) is 10.2 Å². The summed E-state index contributed by atoms with van der Waals surface area (Å²) in [5.74, 6) is -4.37. The number of ether oxygens (including phenoxy) is 2. The maximum Gasteiger partial charge on any atom is 0.216 e. The average molecular weight is 630 g/mol. The number of aliphatic hydroxyl groups excluding tert-OH is 2. The van der Waals surface area contributed by atoms with Crippen LogP contribution in [0.25, 0.3) is 11.3 Å². The van der Waals surface area contributed by atoms with Gasteiger partial charge in [0.05, 0.1) is 35.9 Å². The van der Waals surface area contributed by atoms with Gasteiger partial charge in [-0.25, -0.2) is 35.3 Å². The second-order valence-electron chi connectivity index (χ2n) is 11.0. The molecule has 2 aliphatic rings. The summed E-state index contributed by atoms with van der Waals surface area (Å²) in [7, 11) is -1.92. The number of benzene rings is 1. The van der Waals surface area contributed by atoms with Crippen LogP contribution in [0.4, 0.5) is 13.2 Å². The van der Waals surface area contributed by atoms with Gasteiger partial charge in [-0.3, -0.25) is 0 Å². The first-order chi connectivity index (χ1) is 20.4. The number of hydrogen-bond donors (Lipinski definition) is 2. The number of sulfonamides is 1. The Morgan fingerprint density at radius 1 is 1.05 bits per heavy atom. The highest BCUT2D eigenvalue weighted by atomic mass is 32.2. The van der Waals surface area contributed by atoms with Gasteiger partial charge in [0.1, 0.15) is 30.0 Å². The van der Waals surface area contributed by atoms with Gasteiger partial charge in [0.2, 0.25) is 10.0 Å². The van der Waals surface area contributed by atoms with Crippen molar-refractivity contribution in [3.8, 4) is 11.3 Å². The minimum absolute atomic E-state index is 0.0265. The van der Waals surface area contributed by atoms with Gasteiger partial charge in [0.25, 0.3) is 0 Å². The van der Waals surface area contributed by atoms with Crippen molar-refractivity contribution in [1.82, 2.24) is 34.3 Å². The van der Waals surface area contributed by atoms with E-state index >= 15 is 0 Å². The monoisotopic (exact) mass is 629 g/mol. The molecule has 2 saturated heterocycles. The third-order valence-electron chi connectivity index (χ3n) is 8.05. The molecule has 0 spiro atoms. The van der Waals surface area contributed by atoms with E-state index in [2.05, 4.69) is 20.6 Å². The highest BCUT2D eigenvalue weighted by Gasteiger charge is 2.47. The molecule has 236 valence electrons. The van der Waals surface area contributed by atoms with Crippen molar-refractivity contribution >= 4 is 10.0 Å². The van der Waals surface area contributed by atoms with Gasteiger partial charge in [0.15, 0.2) is 17.5 Å². The number of methoxy groups -OCH3 is 1. The minimum atomic E-state index is -3.33. The molecule has 3 aromatic rings. The van der Waals surface area contributed by atoms with Crippen LogP contribution in [0.1, 0.15) is 44.5 Å². The normalized spacial score (nSPS) is 25.9. The van der Waals surface area contributed by atoms with Gasteiger partial charge in [-0.2, -0.15) is 0 Å². The molecule has 2 fully saturated rings. The molecule has 13 nitrogen and oxygen atoms in total. The predicted octanol–water partition coefficient (Wildman–Crippen LogP) is 1.25. The molecule has 0 bridgehead atoms. The lowest BCUT2D eigenvalue weighted by Gasteiger charge is -2.43. The standard InChI is InChI=1S/C26H34F3N7O6S/c1-14(2)43(39,40)34-6-4-17(5-7-34)35-11-16(30-32-35)10-21-26(41-3)24(25(38)22(13-37)42-21)36-12-20(31-33-36)15-8-18(27)23(29)19(28)9-15/h8-9,11-12,14,17,21-22,24-26,37-38H,4-7,10,13H2,1-3H3/t21-,22-,24+,25+,26+/m1/s1. The number of piperidine rings is 1. The second kappa shape index (κ2) is 12.6. The third-order valence-corrected chi connectivity index (χ3v) is 10.3. The molecule has 2 aromatic heterocycles. The molecule has 17 heteroatoms. The van der Waals surface area contributed by atoms with Crippen molar-refractivity contribution in [2.75, 3.05) is 26.8 Å². The Hall–Kier alpha value is -2.96. The van der Waals surface area contributed by atoms with Crippen molar-refractivity contribution in [2.45, 2.75) is 74.9 Å². The molecular weight excluding hydrogens is 595 g/mol. The number of aliphatic hydroxyl groups is 2. The Kier molecular flexibility index (Phi) is 9.20. The molecule has 2 aliphatic heterocycles. The molecule has 1 aromatic carbocycles. The second-order valence-corrected chi connectivity index (χ2v) is 13.5. The molecule has 0 saturated carbocycles. The Balaban J connectivity index is 1.33. The fourth-order valence-corrected chi connectivity index (χ4v) is 6.96. The van der Waals surface area contributed by atoms with Crippen LogP contribution in [0.5, 0.6) is 0 Å². The van der Waals surface area contributed by atoms with E-state index in [-0.39, 0.29) is 23.7 Å². The topological polar surface area (TPSA) is 158 Å². The fourth-order valence-electron chi connectivity index (χ4n) is 5.64. The molecular formula is C26H34F3N7O6S. The summed E-state index contributed by atoms with van der Waals surface area (Å²) < 4.78 is 82.3. The SMILES string of the molecule is CO[C@@H]1[C@@H](n2cc(-c3cc(F)c(F)c(F)c3)nn2)[C@@H](O)[C@@H](CO)O[C@@H]1Cc1cn(C2CCN(S(=O)(=O)C(C)C)CC2)nn1. The van der Waals surface area contributed by atoms with Crippen LogP contribution in [0, 0.1) is 17.5 Å². The molecule has 0 aliphatic carbocycles. The van der Waals surface area contributed by atoms with Crippen LogP contribution in [-0.4, -0.2) is 109 Å². The number of rotatable bonds is 9. The van der Waals surface area contributed by atoms with E-state index in [1.165, 1.54) is 22.3 Å². The maximum atomic E-state index is 13.8. The van der Waals surface area contributed by atoms with Gasteiger partial charge in [0, 0.05) is 38.4 Å². The Morgan fingerprint density at radius 2 is 1.70 bits per heavy atom. The highest BCUT2D eigenvalue weighted by molar-refractivity contribution is 7.89. The molecule has 5 rings (SSSR count). The first-order valence-electron chi connectivity index (χ1n) is 13.9. The van der Waals surface area contributed by atoms with Crippen LogP contribution < -0.4 is 0 Å². The third kappa shape index (κ3) is 6.19. The van der Waals surface area contributed by atoms with Crippen molar-refractivity contribution in [3.05, 3.63) is 47.7 Å². The van der Waals surface area contributed by atoms with Crippen LogP contribution >= 0.6 is 0 Å². The average Bonchev–Trinajstić information content (AvgIpc) is 3.66. The van der Waals surface area contributed by atoms with Gasteiger partial charge in [-0.05, 0) is 38.8 Å². The number of aromatic nitrogens is 6. The molecule has 0 unspecified atom stereocenters. The van der Waals surface area contributed by atoms with Crippen molar-refractivity contribution in [1.29, 1.82) is 0 Å². The summed E-state index contributed by atoms with van der Waals surface area (Å²) >= 11 is 0. The van der Waals surface area contributed by atoms with Crippen LogP contribution in [0.2, 0.25) is 0 Å². The van der Waals surface area contributed by atoms with E-state index < -0.39 is 69.8 Å². The Morgan fingerprint density at radius 3 is 2.30 bits per heavy atom.